The minimum absolute atomic E-state index is 0.755. The van der Waals surface area contributed by atoms with Crippen molar-refractivity contribution in [1.29, 1.82) is 0 Å². The Hall–Kier alpha value is -1.24. The fraction of sp³-hybridized carbons (Fsp3) is 0.438. The molecule has 4 nitrogen and oxygen atoms in total. The number of halogens is 1. The molecule has 0 aliphatic heterocycles. The van der Waals surface area contributed by atoms with Crippen molar-refractivity contribution in [3.8, 4) is 11.4 Å². The third-order valence-electron chi connectivity index (χ3n) is 3.12. The van der Waals surface area contributed by atoms with Gasteiger partial charge in [0.25, 0.3) is 0 Å². The SMILES string of the molecule is CCCNc1nc(-c2ccc(C)nc2)nc(CCC)c1I. The Balaban J connectivity index is 2.44. The molecule has 0 aliphatic carbocycles. The summed E-state index contributed by atoms with van der Waals surface area (Å²) in [6, 6.07) is 4.03. The van der Waals surface area contributed by atoms with Gasteiger partial charge in [0.05, 0.1) is 9.26 Å². The molecule has 0 aliphatic rings. The number of hydrogen-bond acceptors (Lipinski definition) is 4. The number of pyridine rings is 1. The van der Waals surface area contributed by atoms with Crippen molar-refractivity contribution in [3.63, 3.8) is 0 Å². The molecule has 0 saturated heterocycles. The molecular formula is C16H21IN4. The van der Waals surface area contributed by atoms with Gasteiger partial charge in [-0.05, 0) is 54.5 Å². The number of aryl methyl sites for hydroxylation is 2. The summed E-state index contributed by atoms with van der Waals surface area (Å²) in [7, 11) is 0. The molecule has 2 rings (SSSR count). The number of rotatable bonds is 6. The van der Waals surface area contributed by atoms with Gasteiger partial charge in [0, 0.05) is 24.0 Å². The second-order valence-corrected chi connectivity index (χ2v) is 6.10. The van der Waals surface area contributed by atoms with Crippen LogP contribution in [0.15, 0.2) is 18.3 Å². The van der Waals surface area contributed by atoms with Gasteiger partial charge in [-0.15, -0.1) is 0 Å². The van der Waals surface area contributed by atoms with Crippen LogP contribution in [0, 0.1) is 10.5 Å². The first-order valence-corrected chi connectivity index (χ1v) is 8.46. The molecule has 0 fully saturated rings. The third kappa shape index (κ3) is 4.12. The van der Waals surface area contributed by atoms with Crippen molar-refractivity contribution < 1.29 is 0 Å². The molecule has 2 aromatic rings. The highest BCUT2D eigenvalue weighted by atomic mass is 127. The summed E-state index contributed by atoms with van der Waals surface area (Å²) >= 11 is 2.34. The molecule has 21 heavy (non-hydrogen) atoms. The Morgan fingerprint density at radius 2 is 1.95 bits per heavy atom. The van der Waals surface area contributed by atoms with Crippen LogP contribution < -0.4 is 5.32 Å². The van der Waals surface area contributed by atoms with Crippen LogP contribution in [-0.4, -0.2) is 21.5 Å². The van der Waals surface area contributed by atoms with Crippen LogP contribution in [0.25, 0.3) is 11.4 Å². The summed E-state index contributed by atoms with van der Waals surface area (Å²) < 4.78 is 1.13. The van der Waals surface area contributed by atoms with Crippen LogP contribution in [0.4, 0.5) is 5.82 Å². The summed E-state index contributed by atoms with van der Waals surface area (Å²) in [5, 5.41) is 3.40. The van der Waals surface area contributed by atoms with E-state index in [2.05, 4.69) is 51.7 Å². The van der Waals surface area contributed by atoms with Gasteiger partial charge in [-0.2, -0.15) is 0 Å². The lowest BCUT2D eigenvalue weighted by Gasteiger charge is -2.12. The van der Waals surface area contributed by atoms with Gasteiger partial charge in [-0.3, -0.25) is 4.98 Å². The lowest BCUT2D eigenvalue weighted by molar-refractivity contribution is 0.863. The monoisotopic (exact) mass is 396 g/mol. The second-order valence-electron chi connectivity index (χ2n) is 5.02. The van der Waals surface area contributed by atoms with Gasteiger partial charge in [0.2, 0.25) is 0 Å². The van der Waals surface area contributed by atoms with Crippen molar-refractivity contribution in [1.82, 2.24) is 15.0 Å². The number of anilines is 1. The fourth-order valence-electron chi connectivity index (χ4n) is 1.99. The molecule has 5 heteroatoms. The van der Waals surface area contributed by atoms with Crippen molar-refractivity contribution >= 4 is 28.4 Å². The van der Waals surface area contributed by atoms with Gasteiger partial charge < -0.3 is 5.32 Å². The predicted octanol–water partition coefficient (Wildman–Crippen LogP) is 4.23. The summed E-state index contributed by atoms with van der Waals surface area (Å²) in [4.78, 5) is 13.8. The minimum atomic E-state index is 0.755. The van der Waals surface area contributed by atoms with Crippen LogP contribution in [0.5, 0.6) is 0 Å². The maximum atomic E-state index is 4.73. The summed E-state index contributed by atoms with van der Waals surface area (Å²) in [6.45, 7) is 7.22. The summed E-state index contributed by atoms with van der Waals surface area (Å²) in [5.74, 6) is 1.69. The molecule has 0 aromatic carbocycles. The number of nitrogens with zero attached hydrogens (tertiary/aromatic N) is 3. The van der Waals surface area contributed by atoms with E-state index in [0.29, 0.717) is 0 Å². The van der Waals surface area contributed by atoms with Crippen molar-refractivity contribution in [2.75, 3.05) is 11.9 Å². The fourth-order valence-corrected chi connectivity index (χ4v) is 2.69. The normalized spacial score (nSPS) is 10.7. The Morgan fingerprint density at radius 1 is 1.14 bits per heavy atom. The molecule has 2 heterocycles. The molecule has 2 aromatic heterocycles. The molecule has 0 atom stereocenters. The predicted molar refractivity (Wildman–Crippen MR) is 95.5 cm³/mol. The van der Waals surface area contributed by atoms with E-state index in [1.54, 1.807) is 0 Å². The Kier molecular flexibility index (Phi) is 5.90. The average Bonchev–Trinajstić information content (AvgIpc) is 2.49. The van der Waals surface area contributed by atoms with Crippen molar-refractivity contribution in [2.45, 2.75) is 40.0 Å². The zero-order valence-electron chi connectivity index (χ0n) is 12.8. The van der Waals surface area contributed by atoms with E-state index in [9.17, 15) is 0 Å². The van der Waals surface area contributed by atoms with Gasteiger partial charge in [-0.1, -0.05) is 20.3 Å². The van der Waals surface area contributed by atoms with E-state index >= 15 is 0 Å². The van der Waals surface area contributed by atoms with Gasteiger partial charge in [-0.25, -0.2) is 9.97 Å². The highest BCUT2D eigenvalue weighted by molar-refractivity contribution is 14.1. The Morgan fingerprint density at radius 3 is 2.57 bits per heavy atom. The van der Waals surface area contributed by atoms with Crippen molar-refractivity contribution in [2.24, 2.45) is 0 Å². The summed E-state index contributed by atoms with van der Waals surface area (Å²) in [6.07, 6.45) is 4.96. The number of nitrogens with one attached hydrogen (secondary N) is 1. The molecule has 0 bridgehead atoms. The van der Waals surface area contributed by atoms with E-state index in [-0.39, 0.29) is 0 Å². The largest absolute Gasteiger partial charge is 0.369 e. The lowest BCUT2D eigenvalue weighted by atomic mass is 10.2. The number of hydrogen-bond donors (Lipinski definition) is 1. The standard InChI is InChI=1S/C16H21IN4/c1-4-6-13-14(17)16(18-9-5-2)21-15(20-13)12-8-7-11(3)19-10-12/h7-8,10H,4-6,9H2,1-3H3,(H,18,20,21). The van der Waals surface area contributed by atoms with Gasteiger partial charge in [0.1, 0.15) is 5.82 Å². The first-order valence-electron chi connectivity index (χ1n) is 7.39. The highest BCUT2D eigenvalue weighted by Crippen LogP contribution is 2.24. The molecule has 0 spiro atoms. The Labute approximate surface area is 140 Å². The van der Waals surface area contributed by atoms with E-state index in [0.717, 1.165) is 58.0 Å². The number of aromatic nitrogens is 3. The molecule has 0 saturated carbocycles. The summed E-state index contributed by atoms with van der Waals surface area (Å²) in [5.41, 5.74) is 3.08. The Bertz CT molecular complexity index is 596. The van der Waals surface area contributed by atoms with Gasteiger partial charge in [0.15, 0.2) is 5.82 Å². The molecule has 0 radical (unpaired) electrons. The smallest absolute Gasteiger partial charge is 0.163 e. The van der Waals surface area contributed by atoms with Crippen LogP contribution in [0.2, 0.25) is 0 Å². The third-order valence-corrected chi connectivity index (χ3v) is 4.25. The van der Waals surface area contributed by atoms with Crippen LogP contribution in [0.3, 0.4) is 0 Å². The molecular weight excluding hydrogens is 375 g/mol. The zero-order chi connectivity index (χ0) is 15.2. The maximum absolute atomic E-state index is 4.73. The van der Waals surface area contributed by atoms with E-state index < -0.39 is 0 Å². The molecule has 112 valence electrons. The first kappa shape index (κ1) is 16.1. The van der Waals surface area contributed by atoms with E-state index in [4.69, 9.17) is 4.98 Å². The zero-order valence-corrected chi connectivity index (χ0v) is 14.9. The first-order chi connectivity index (χ1) is 10.2. The minimum Gasteiger partial charge on any atom is -0.369 e. The molecule has 0 amide bonds. The van der Waals surface area contributed by atoms with Crippen molar-refractivity contribution in [3.05, 3.63) is 33.3 Å². The van der Waals surface area contributed by atoms with E-state index in [1.165, 1.54) is 0 Å². The maximum Gasteiger partial charge on any atom is 0.163 e. The topological polar surface area (TPSA) is 50.7 Å². The quantitative estimate of drug-likeness (QED) is 0.743. The van der Waals surface area contributed by atoms with Gasteiger partial charge >= 0.3 is 0 Å². The highest BCUT2D eigenvalue weighted by Gasteiger charge is 2.13. The lowest BCUT2D eigenvalue weighted by Crippen LogP contribution is -2.09. The second kappa shape index (κ2) is 7.68. The average molecular weight is 396 g/mol. The van der Waals surface area contributed by atoms with Crippen LogP contribution >= 0.6 is 22.6 Å². The molecule has 1 N–H and O–H groups in total. The van der Waals surface area contributed by atoms with Crippen LogP contribution in [0.1, 0.15) is 38.1 Å². The van der Waals surface area contributed by atoms with Crippen LogP contribution in [-0.2, 0) is 6.42 Å². The van der Waals surface area contributed by atoms with E-state index in [1.807, 2.05) is 25.3 Å². The molecule has 0 unspecified atom stereocenters.